The van der Waals surface area contributed by atoms with Crippen LogP contribution in [-0.2, 0) is 4.79 Å². The smallest absolute Gasteiger partial charge is 0.318 e. The Morgan fingerprint density at radius 3 is 2.59 bits per heavy atom. The molecule has 2 rings (SSSR count). The quantitative estimate of drug-likeness (QED) is 0.798. The predicted octanol–water partition coefficient (Wildman–Crippen LogP) is 1.42. The van der Waals surface area contributed by atoms with Crippen LogP contribution in [0, 0.1) is 0 Å². The summed E-state index contributed by atoms with van der Waals surface area (Å²) in [7, 11) is 1.58. The topological polar surface area (TPSA) is 120 Å². The van der Waals surface area contributed by atoms with Crippen LogP contribution in [0.2, 0.25) is 0 Å². The Labute approximate surface area is 130 Å². The number of imide groups is 1. The van der Waals surface area contributed by atoms with Crippen molar-refractivity contribution >= 4 is 23.7 Å². The number of carbonyl (C=O) groups excluding carboxylic acids is 2. The minimum Gasteiger partial charge on any atom is -0.497 e. The molecule has 0 saturated carbocycles. The Bertz CT molecular complexity index is 671. The molecule has 0 bridgehead atoms. The van der Waals surface area contributed by atoms with E-state index < -0.39 is 17.2 Å². The number of methoxy groups -OCH3 is 1. The van der Waals surface area contributed by atoms with Crippen LogP contribution in [0.25, 0.3) is 11.5 Å². The summed E-state index contributed by atoms with van der Waals surface area (Å²) in [6, 6.07) is 6.21. The Morgan fingerprint density at radius 2 is 2.00 bits per heavy atom. The van der Waals surface area contributed by atoms with Crippen molar-refractivity contribution in [1.82, 2.24) is 15.5 Å². The van der Waals surface area contributed by atoms with E-state index in [4.69, 9.17) is 14.9 Å². The standard InChI is InChI=1S/C13H14N4O4S/c1-7(10(18)15-12(14)19)22-13-17-16-11(21-13)8-3-5-9(20-2)6-4-8/h3-7H,1-2H3,(H3,14,15,18,19)/t7-/m1/s1. The summed E-state index contributed by atoms with van der Waals surface area (Å²) in [5.41, 5.74) is 5.62. The second kappa shape index (κ2) is 6.94. The lowest BCUT2D eigenvalue weighted by Gasteiger charge is -2.06. The zero-order chi connectivity index (χ0) is 16.1. The normalized spacial score (nSPS) is 11.7. The van der Waals surface area contributed by atoms with Gasteiger partial charge in [-0.05, 0) is 31.2 Å². The van der Waals surface area contributed by atoms with Gasteiger partial charge in [0.2, 0.25) is 11.8 Å². The van der Waals surface area contributed by atoms with Crippen LogP contribution in [0.5, 0.6) is 5.75 Å². The van der Waals surface area contributed by atoms with E-state index in [1.807, 2.05) is 5.32 Å². The Morgan fingerprint density at radius 1 is 1.32 bits per heavy atom. The first-order chi connectivity index (χ1) is 10.5. The average Bonchev–Trinajstić information content (AvgIpc) is 2.95. The number of primary amides is 1. The highest BCUT2D eigenvalue weighted by atomic mass is 32.2. The molecule has 1 aromatic heterocycles. The number of ether oxygens (including phenoxy) is 1. The summed E-state index contributed by atoms with van der Waals surface area (Å²) in [4.78, 5) is 22.2. The summed E-state index contributed by atoms with van der Waals surface area (Å²) in [6.45, 7) is 1.60. The van der Waals surface area contributed by atoms with E-state index in [0.29, 0.717) is 5.89 Å². The molecule has 1 heterocycles. The van der Waals surface area contributed by atoms with E-state index in [-0.39, 0.29) is 5.22 Å². The molecule has 2 aromatic rings. The van der Waals surface area contributed by atoms with Crippen molar-refractivity contribution in [2.75, 3.05) is 7.11 Å². The maximum atomic E-state index is 11.6. The zero-order valence-corrected chi connectivity index (χ0v) is 12.7. The lowest BCUT2D eigenvalue weighted by molar-refractivity contribution is -0.119. The van der Waals surface area contributed by atoms with Gasteiger partial charge in [0.25, 0.3) is 5.22 Å². The number of hydrogen-bond acceptors (Lipinski definition) is 7. The summed E-state index contributed by atoms with van der Waals surface area (Å²) in [6.07, 6.45) is 0. The van der Waals surface area contributed by atoms with Crippen molar-refractivity contribution in [2.45, 2.75) is 17.4 Å². The lowest BCUT2D eigenvalue weighted by Crippen LogP contribution is -2.39. The number of nitrogens with two attached hydrogens (primary N) is 1. The second-order valence-electron chi connectivity index (χ2n) is 4.22. The molecule has 0 aliphatic carbocycles. The number of carbonyl (C=O) groups is 2. The molecule has 116 valence electrons. The fourth-order valence-corrected chi connectivity index (χ4v) is 2.22. The third kappa shape index (κ3) is 3.98. The van der Waals surface area contributed by atoms with E-state index in [0.717, 1.165) is 23.1 Å². The molecule has 0 unspecified atom stereocenters. The summed E-state index contributed by atoms with van der Waals surface area (Å²) < 4.78 is 10.5. The minimum atomic E-state index is -0.901. The van der Waals surface area contributed by atoms with Crippen LogP contribution in [0.4, 0.5) is 4.79 Å². The molecule has 8 nitrogen and oxygen atoms in total. The largest absolute Gasteiger partial charge is 0.497 e. The number of benzene rings is 1. The van der Waals surface area contributed by atoms with Crippen LogP contribution >= 0.6 is 11.8 Å². The fourth-order valence-electron chi connectivity index (χ4n) is 1.54. The highest BCUT2D eigenvalue weighted by Crippen LogP contribution is 2.27. The van der Waals surface area contributed by atoms with Crippen molar-refractivity contribution in [3.05, 3.63) is 24.3 Å². The van der Waals surface area contributed by atoms with Crippen molar-refractivity contribution in [1.29, 1.82) is 0 Å². The molecule has 1 aromatic carbocycles. The second-order valence-corrected chi connectivity index (χ2v) is 5.51. The minimum absolute atomic E-state index is 0.220. The van der Waals surface area contributed by atoms with Crippen molar-refractivity contribution in [2.24, 2.45) is 5.73 Å². The molecular weight excluding hydrogens is 308 g/mol. The molecule has 3 N–H and O–H groups in total. The molecule has 9 heteroatoms. The Hall–Kier alpha value is -2.55. The number of thioether (sulfide) groups is 1. The van der Waals surface area contributed by atoms with Gasteiger partial charge in [-0.3, -0.25) is 10.1 Å². The van der Waals surface area contributed by atoms with Crippen molar-refractivity contribution < 1.29 is 18.7 Å². The van der Waals surface area contributed by atoms with Gasteiger partial charge in [0.05, 0.1) is 12.4 Å². The fraction of sp³-hybridized carbons (Fsp3) is 0.231. The predicted molar refractivity (Wildman–Crippen MR) is 79.3 cm³/mol. The first-order valence-electron chi connectivity index (χ1n) is 6.24. The van der Waals surface area contributed by atoms with Gasteiger partial charge >= 0.3 is 6.03 Å². The third-order valence-electron chi connectivity index (χ3n) is 2.64. The molecule has 1 atom stereocenters. The molecule has 0 saturated heterocycles. The molecule has 0 spiro atoms. The number of rotatable bonds is 5. The van der Waals surface area contributed by atoms with Crippen LogP contribution < -0.4 is 15.8 Å². The number of hydrogen-bond donors (Lipinski definition) is 2. The number of urea groups is 1. The van der Waals surface area contributed by atoms with Crippen LogP contribution in [-0.4, -0.2) is 34.5 Å². The third-order valence-corrected chi connectivity index (χ3v) is 3.57. The van der Waals surface area contributed by atoms with E-state index in [2.05, 4.69) is 10.2 Å². The monoisotopic (exact) mass is 322 g/mol. The number of amides is 3. The summed E-state index contributed by atoms with van der Waals surface area (Å²) in [5, 5.41) is 9.38. The average molecular weight is 322 g/mol. The lowest BCUT2D eigenvalue weighted by atomic mass is 10.2. The highest BCUT2D eigenvalue weighted by Gasteiger charge is 2.19. The van der Waals surface area contributed by atoms with Crippen LogP contribution in [0.1, 0.15) is 6.92 Å². The van der Waals surface area contributed by atoms with Gasteiger partial charge in [-0.1, -0.05) is 11.8 Å². The van der Waals surface area contributed by atoms with Gasteiger partial charge in [-0.15, -0.1) is 10.2 Å². The van der Waals surface area contributed by atoms with Gasteiger partial charge < -0.3 is 14.9 Å². The summed E-state index contributed by atoms with van der Waals surface area (Å²) in [5.74, 6) is 0.518. The van der Waals surface area contributed by atoms with Crippen LogP contribution in [0.15, 0.2) is 33.9 Å². The Balaban J connectivity index is 2.04. The highest BCUT2D eigenvalue weighted by molar-refractivity contribution is 8.00. The molecular formula is C13H14N4O4S. The molecule has 0 fully saturated rings. The van der Waals surface area contributed by atoms with Crippen LogP contribution in [0.3, 0.4) is 0 Å². The Kier molecular flexibility index (Phi) is 4.99. The van der Waals surface area contributed by atoms with Crippen molar-refractivity contribution in [3.63, 3.8) is 0 Å². The molecule has 0 aliphatic rings. The van der Waals surface area contributed by atoms with E-state index in [1.54, 1.807) is 38.3 Å². The SMILES string of the molecule is COc1ccc(-c2nnc(S[C@H](C)C(=O)NC(N)=O)o2)cc1. The van der Waals surface area contributed by atoms with E-state index in [9.17, 15) is 9.59 Å². The zero-order valence-electron chi connectivity index (χ0n) is 11.9. The number of nitrogens with zero attached hydrogens (tertiary/aromatic N) is 2. The number of aromatic nitrogens is 2. The summed E-state index contributed by atoms with van der Waals surface area (Å²) >= 11 is 1.03. The van der Waals surface area contributed by atoms with E-state index in [1.165, 1.54) is 0 Å². The van der Waals surface area contributed by atoms with E-state index >= 15 is 0 Å². The molecule has 0 aliphatic heterocycles. The maximum absolute atomic E-state index is 11.6. The molecule has 3 amide bonds. The van der Waals surface area contributed by atoms with Gasteiger partial charge in [0.15, 0.2) is 0 Å². The van der Waals surface area contributed by atoms with Gasteiger partial charge in [-0.25, -0.2) is 4.79 Å². The first kappa shape index (κ1) is 15.8. The van der Waals surface area contributed by atoms with Crippen molar-refractivity contribution in [3.8, 4) is 17.2 Å². The maximum Gasteiger partial charge on any atom is 0.318 e. The molecule has 0 radical (unpaired) electrons. The molecule has 22 heavy (non-hydrogen) atoms. The first-order valence-corrected chi connectivity index (χ1v) is 7.12. The van der Waals surface area contributed by atoms with Gasteiger partial charge in [0.1, 0.15) is 5.75 Å². The van der Waals surface area contributed by atoms with Gasteiger partial charge in [-0.2, -0.15) is 0 Å². The number of nitrogens with one attached hydrogen (secondary N) is 1. The van der Waals surface area contributed by atoms with Gasteiger partial charge in [0, 0.05) is 5.56 Å².